The van der Waals surface area contributed by atoms with E-state index >= 15 is 0 Å². The van der Waals surface area contributed by atoms with E-state index in [-0.39, 0.29) is 6.61 Å². The number of rotatable bonds is 5. The molecular formula is C17H14Cl2N2O3. The molecule has 2 rings (SSSR count). The van der Waals surface area contributed by atoms with Crippen LogP contribution in [0.3, 0.4) is 0 Å². The summed E-state index contributed by atoms with van der Waals surface area (Å²) >= 11 is 11.7. The molecule has 0 aromatic heterocycles. The topological polar surface area (TPSA) is 67.4 Å². The van der Waals surface area contributed by atoms with Crippen LogP contribution in [0.5, 0.6) is 5.75 Å². The number of amides is 2. The first-order valence-corrected chi connectivity index (χ1v) is 7.70. The largest absolute Gasteiger partial charge is 0.482 e. The molecule has 2 aromatic carbocycles. The first kappa shape index (κ1) is 17.8. The van der Waals surface area contributed by atoms with Crippen LogP contribution in [0.25, 0.3) is 6.08 Å². The van der Waals surface area contributed by atoms with Crippen LogP contribution in [0.4, 0.5) is 0 Å². The molecule has 24 heavy (non-hydrogen) atoms. The molecule has 0 atom stereocenters. The summed E-state index contributed by atoms with van der Waals surface area (Å²) in [5, 5.41) is 0.973. The summed E-state index contributed by atoms with van der Waals surface area (Å²) in [6.45, 7) is -0.276. The lowest BCUT2D eigenvalue weighted by Gasteiger charge is -2.08. The van der Waals surface area contributed by atoms with E-state index in [9.17, 15) is 9.59 Å². The van der Waals surface area contributed by atoms with Crippen molar-refractivity contribution >= 4 is 41.1 Å². The van der Waals surface area contributed by atoms with E-state index in [0.717, 1.165) is 5.56 Å². The van der Waals surface area contributed by atoms with Gasteiger partial charge in [0.1, 0.15) is 5.75 Å². The van der Waals surface area contributed by atoms with E-state index in [1.807, 2.05) is 0 Å². The molecule has 0 aliphatic heterocycles. The molecule has 2 N–H and O–H groups in total. The minimum absolute atomic E-state index is 0.276. The Morgan fingerprint density at radius 2 is 1.83 bits per heavy atom. The normalized spacial score (nSPS) is 10.4. The summed E-state index contributed by atoms with van der Waals surface area (Å²) in [4.78, 5) is 23.2. The molecule has 2 aromatic rings. The maximum atomic E-state index is 11.6. The molecule has 0 radical (unpaired) electrons. The highest BCUT2D eigenvalue weighted by Gasteiger charge is 2.05. The molecule has 0 spiro atoms. The predicted molar refractivity (Wildman–Crippen MR) is 93.7 cm³/mol. The third-order valence-electron chi connectivity index (χ3n) is 2.80. The number of hydrogen-bond donors (Lipinski definition) is 2. The molecule has 0 heterocycles. The molecule has 0 aliphatic rings. The zero-order valence-electron chi connectivity index (χ0n) is 12.5. The molecule has 0 saturated heterocycles. The maximum Gasteiger partial charge on any atom is 0.276 e. The lowest BCUT2D eigenvalue weighted by atomic mass is 10.2. The second kappa shape index (κ2) is 8.96. The number of carbonyl (C=O) groups is 2. The van der Waals surface area contributed by atoms with Crippen molar-refractivity contribution in [2.75, 3.05) is 6.61 Å². The second-order valence-electron chi connectivity index (χ2n) is 4.64. The van der Waals surface area contributed by atoms with Crippen molar-refractivity contribution in [3.05, 3.63) is 70.2 Å². The van der Waals surface area contributed by atoms with Crippen LogP contribution in [0.2, 0.25) is 10.0 Å². The standard InChI is InChI=1S/C17H14Cl2N2O3/c18-13-5-3-4-12(10-13)8-9-16(22)20-21-17(23)11-24-15-7-2-1-6-14(15)19/h1-10H,11H2,(H,20,22)(H,21,23)/b9-8+. The average molecular weight is 365 g/mol. The Bertz CT molecular complexity index is 763. The van der Waals surface area contributed by atoms with Crippen LogP contribution in [0.1, 0.15) is 5.56 Å². The summed E-state index contributed by atoms with van der Waals surface area (Å²) in [7, 11) is 0. The SMILES string of the molecule is O=C(/C=C/c1cccc(Cl)c1)NNC(=O)COc1ccccc1Cl. The highest BCUT2D eigenvalue weighted by Crippen LogP contribution is 2.22. The van der Waals surface area contributed by atoms with Gasteiger partial charge in [-0.2, -0.15) is 0 Å². The number of hydrazine groups is 1. The summed E-state index contributed by atoms with van der Waals surface area (Å²) in [6, 6.07) is 13.8. The Hall–Kier alpha value is -2.50. The van der Waals surface area contributed by atoms with Crippen LogP contribution >= 0.6 is 23.2 Å². The van der Waals surface area contributed by atoms with Crippen LogP contribution in [-0.2, 0) is 9.59 Å². The molecule has 0 aliphatic carbocycles. The van der Waals surface area contributed by atoms with Crippen molar-refractivity contribution in [1.82, 2.24) is 10.9 Å². The summed E-state index contributed by atoms with van der Waals surface area (Å²) in [6.07, 6.45) is 2.86. The highest BCUT2D eigenvalue weighted by atomic mass is 35.5. The molecule has 7 heteroatoms. The van der Waals surface area contributed by atoms with Crippen LogP contribution in [0, 0.1) is 0 Å². The lowest BCUT2D eigenvalue weighted by molar-refractivity contribution is -0.128. The first-order chi connectivity index (χ1) is 11.5. The van der Waals surface area contributed by atoms with E-state index in [4.69, 9.17) is 27.9 Å². The van der Waals surface area contributed by atoms with E-state index in [1.165, 1.54) is 6.08 Å². The molecule has 2 amide bonds. The molecule has 5 nitrogen and oxygen atoms in total. The van der Waals surface area contributed by atoms with E-state index in [2.05, 4.69) is 10.9 Å². The summed E-state index contributed by atoms with van der Waals surface area (Å²) < 4.78 is 5.25. The van der Waals surface area contributed by atoms with Crippen molar-refractivity contribution in [3.63, 3.8) is 0 Å². The zero-order chi connectivity index (χ0) is 17.4. The van der Waals surface area contributed by atoms with Gasteiger partial charge >= 0.3 is 0 Å². The average Bonchev–Trinajstić information content (AvgIpc) is 2.57. The molecule has 0 saturated carbocycles. The Balaban J connectivity index is 1.75. The fraction of sp³-hybridized carbons (Fsp3) is 0.0588. The van der Waals surface area contributed by atoms with Gasteiger partial charge < -0.3 is 4.74 Å². The molecular weight excluding hydrogens is 351 g/mol. The number of nitrogens with one attached hydrogen (secondary N) is 2. The lowest BCUT2D eigenvalue weighted by Crippen LogP contribution is -2.43. The van der Waals surface area contributed by atoms with Crippen LogP contribution < -0.4 is 15.6 Å². The zero-order valence-corrected chi connectivity index (χ0v) is 14.0. The van der Waals surface area contributed by atoms with Crippen molar-refractivity contribution in [3.8, 4) is 5.75 Å². The number of halogens is 2. The first-order valence-electron chi connectivity index (χ1n) is 6.94. The number of para-hydroxylation sites is 1. The van der Waals surface area contributed by atoms with Gasteiger partial charge in [-0.1, -0.05) is 47.5 Å². The van der Waals surface area contributed by atoms with Gasteiger partial charge in [0, 0.05) is 11.1 Å². The fourth-order valence-electron chi connectivity index (χ4n) is 1.70. The number of hydrogen-bond acceptors (Lipinski definition) is 3. The Morgan fingerprint density at radius 3 is 2.58 bits per heavy atom. The van der Waals surface area contributed by atoms with Gasteiger partial charge in [-0.3, -0.25) is 20.4 Å². The Kier molecular flexibility index (Phi) is 6.66. The van der Waals surface area contributed by atoms with Crippen molar-refractivity contribution < 1.29 is 14.3 Å². The smallest absolute Gasteiger partial charge is 0.276 e. The number of ether oxygens (including phenoxy) is 1. The third kappa shape index (κ3) is 5.95. The van der Waals surface area contributed by atoms with Gasteiger partial charge in [-0.15, -0.1) is 0 Å². The summed E-state index contributed by atoms with van der Waals surface area (Å²) in [5.74, 6) is -0.609. The molecule has 0 fully saturated rings. The van der Waals surface area contributed by atoms with E-state index < -0.39 is 11.8 Å². The van der Waals surface area contributed by atoms with Crippen molar-refractivity contribution in [1.29, 1.82) is 0 Å². The Labute approximate surface area is 149 Å². The van der Waals surface area contributed by atoms with Crippen molar-refractivity contribution in [2.45, 2.75) is 0 Å². The van der Waals surface area contributed by atoms with Gasteiger partial charge in [0.2, 0.25) is 0 Å². The quantitative estimate of drug-likeness (QED) is 0.632. The third-order valence-corrected chi connectivity index (χ3v) is 3.34. The monoisotopic (exact) mass is 364 g/mol. The van der Waals surface area contributed by atoms with Crippen LogP contribution in [-0.4, -0.2) is 18.4 Å². The minimum atomic E-state index is -0.514. The highest BCUT2D eigenvalue weighted by molar-refractivity contribution is 6.32. The predicted octanol–water partition coefficient (Wildman–Crippen LogP) is 3.23. The Morgan fingerprint density at radius 1 is 1.04 bits per heavy atom. The summed E-state index contributed by atoms with van der Waals surface area (Å²) in [5.41, 5.74) is 5.25. The van der Waals surface area contributed by atoms with Gasteiger partial charge in [-0.05, 0) is 35.9 Å². The van der Waals surface area contributed by atoms with Gasteiger partial charge in [-0.25, -0.2) is 0 Å². The number of carbonyl (C=O) groups excluding carboxylic acids is 2. The fourth-order valence-corrected chi connectivity index (χ4v) is 2.09. The van der Waals surface area contributed by atoms with Gasteiger partial charge in [0.15, 0.2) is 6.61 Å². The van der Waals surface area contributed by atoms with E-state index in [0.29, 0.717) is 15.8 Å². The number of benzene rings is 2. The van der Waals surface area contributed by atoms with Gasteiger partial charge in [0.05, 0.1) is 5.02 Å². The van der Waals surface area contributed by atoms with E-state index in [1.54, 1.807) is 54.6 Å². The van der Waals surface area contributed by atoms with Crippen LogP contribution in [0.15, 0.2) is 54.6 Å². The molecule has 0 unspecified atom stereocenters. The van der Waals surface area contributed by atoms with Gasteiger partial charge in [0.25, 0.3) is 11.8 Å². The second-order valence-corrected chi connectivity index (χ2v) is 5.49. The molecule has 0 bridgehead atoms. The van der Waals surface area contributed by atoms with Crippen molar-refractivity contribution in [2.24, 2.45) is 0 Å². The minimum Gasteiger partial charge on any atom is -0.482 e. The molecule has 124 valence electrons. The maximum absolute atomic E-state index is 11.6.